The Morgan fingerprint density at radius 1 is 1.15 bits per heavy atom. The zero-order valence-electron chi connectivity index (χ0n) is 15.7. The second-order valence-corrected chi connectivity index (χ2v) is 6.17. The van der Waals surface area contributed by atoms with Gasteiger partial charge in [-0.25, -0.2) is 4.68 Å². The molecule has 1 N–H and O–H groups in total. The Hall–Kier alpha value is -3.03. The summed E-state index contributed by atoms with van der Waals surface area (Å²) < 4.78 is 17.2. The summed E-state index contributed by atoms with van der Waals surface area (Å²) in [6, 6.07) is 4.90. The number of aromatic nitrogens is 2. The minimum absolute atomic E-state index is 0.145. The molecule has 8 heteroatoms. The number of hydrogen-bond donors (Lipinski definition) is 1. The predicted octanol–water partition coefficient (Wildman–Crippen LogP) is 1.19. The monoisotopic (exact) mass is 373 g/mol. The molecular formula is C19H23N3O5. The van der Waals surface area contributed by atoms with Crippen LogP contribution in [0.25, 0.3) is 0 Å². The number of aryl methyl sites for hydroxylation is 2. The minimum atomic E-state index is -0.331. The summed E-state index contributed by atoms with van der Waals surface area (Å²) in [6.45, 7) is 0.565. The number of benzene rings is 1. The smallest absolute Gasteiger partial charge is 0.267 e. The second kappa shape index (κ2) is 8.11. The zero-order valence-corrected chi connectivity index (χ0v) is 15.7. The normalized spacial score (nSPS) is 12.4. The average Bonchev–Trinajstić information content (AvgIpc) is 3.13. The zero-order chi connectivity index (χ0) is 19.4. The molecule has 0 radical (unpaired) electrons. The molecule has 1 aromatic carbocycles. The molecule has 1 aliphatic rings. The van der Waals surface area contributed by atoms with Gasteiger partial charge in [-0.2, -0.15) is 5.10 Å². The molecule has 0 saturated carbocycles. The second-order valence-electron chi connectivity index (χ2n) is 6.17. The van der Waals surface area contributed by atoms with Crippen LogP contribution in [0.4, 0.5) is 0 Å². The first-order valence-electron chi connectivity index (χ1n) is 8.76. The summed E-state index contributed by atoms with van der Waals surface area (Å²) in [5, 5.41) is 7.19. The lowest BCUT2D eigenvalue weighted by atomic mass is 10.1. The Kier molecular flexibility index (Phi) is 5.63. The summed E-state index contributed by atoms with van der Waals surface area (Å²) in [4.78, 5) is 24.7. The molecular weight excluding hydrogens is 350 g/mol. The van der Waals surface area contributed by atoms with E-state index in [1.165, 1.54) is 26.0 Å². The highest BCUT2D eigenvalue weighted by molar-refractivity contribution is 5.98. The van der Waals surface area contributed by atoms with E-state index in [2.05, 4.69) is 10.4 Å². The molecule has 1 heterocycles. The summed E-state index contributed by atoms with van der Waals surface area (Å²) in [5.74, 6) is 0.785. The third kappa shape index (κ3) is 3.74. The quantitative estimate of drug-likeness (QED) is 0.784. The van der Waals surface area contributed by atoms with Gasteiger partial charge in [0.1, 0.15) is 0 Å². The number of fused-ring (bicyclic) bond motifs is 1. The van der Waals surface area contributed by atoms with Gasteiger partial charge >= 0.3 is 0 Å². The number of rotatable bonds is 7. The Bertz CT molecular complexity index is 907. The van der Waals surface area contributed by atoms with E-state index < -0.39 is 0 Å². The van der Waals surface area contributed by atoms with Crippen molar-refractivity contribution in [2.45, 2.75) is 25.8 Å². The molecule has 1 aromatic heterocycles. The maximum Gasteiger partial charge on any atom is 0.267 e. The van der Waals surface area contributed by atoms with Crippen LogP contribution >= 0.6 is 0 Å². The Morgan fingerprint density at radius 2 is 1.93 bits per heavy atom. The fraction of sp³-hybridized carbons (Fsp3) is 0.421. The lowest BCUT2D eigenvalue weighted by Gasteiger charge is -2.15. The van der Waals surface area contributed by atoms with Crippen molar-refractivity contribution in [3.05, 3.63) is 45.4 Å². The standard InChI is InChI=1S/C19H23N3O5/c1-25-15-8-7-13(17(26-2)18(15)27-3)19(24)20-9-10-22-16(23)11-12-5-4-6-14(12)21-22/h7-8,11H,4-6,9-10H2,1-3H3,(H,20,24). The highest BCUT2D eigenvalue weighted by atomic mass is 16.5. The lowest BCUT2D eigenvalue weighted by molar-refractivity contribution is 0.0948. The van der Waals surface area contributed by atoms with Crippen LogP contribution in [0.3, 0.4) is 0 Å². The van der Waals surface area contributed by atoms with Gasteiger partial charge < -0.3 is 19.5 Å². The van der Waals surface area contributed by atoms with Crippen molar-refractivity contribution in [1.29, 1.82) is 0 Å². The van der Waals surface area contributed by atoms with Crippen molar-refractivity contribution in [2.24, 2.45) is 0 Å². The molecule has 0 atom stereocenters. The Labute approximate surface area is 157 Å². The van der Waals surface area contributed by atoms with Gasteiger partial charge in [0, 0.05) is 12.6 Å². The molecule has 0 spiro atoms. The molecule has 0 unspecified atom stereocenters. The lowest BCUT2D eigenvalue weighted by Crippen LogP contribution is -2.32. The molecule has 0 saturated heterocycles. The van der Waals surface area contributed by atoms with Crippen molar-refractivity contribution in [1.82, 2.24) is 15.1 Å². The van der Waals surface area contributed by atoms with Gasteiger partial charge in [-0.05, 0) is 37.0 Å². The number of amides is 1. The first-order valence-corrected chi connectivity index (χ1v) is 8.76. The van der Waals surface area contributed by atoms with Crippen molar-refractivity contribution in [3.8, 4) is 17.2 Å². The number of ether oxygens (including phenoxy) is 3. The molecule has 27 heavy (non-hydrogen) atoms. The topological polar surface area (TPSA) is 91.7 Å². The third-order valence-electron chi connectivity index (χ3n) is 4.58. The number of nitrogens with one attached hydrogen (secondary N) is 1. The van der Waals surface area contributed by atoms with Crippen molar-refractivity contribution >= 4 is 5.91 Å². The van der Waals surface area contributed by atoms with Gasteiger partial charge in [0.15, 0.2) is 11.5 Å². The summed E-state index contributed by atoms with van der Waals surface area (Å²) >= 11 is 0. The van der Waals surface area contributed by atoms with E-state index >= 15 is 0 Å². The van der Waals surface area contributed by atoms with Gasteiger partial charge in [0.2, 0.25) is 5.75 Å². The Balaban J connectivity index is 1.71. The van der Waals surface area contributed by atoms with Crippen LogP contribution in [-0.4, -0.2) is 43.6 Å². The van der Waals surface area contributed by atoms with Crippen molar-refractivity contribution < 1.29 is 19.0 Å². The van der Waals surface area contributed by atoms with Crippen LogP contribution in [0.2, 0.25) is 0 Å². The summed E-state index contributed by atoms with van der Waals surface area (Å²) in [5.41, 5.74) is 2.19. The number of hydrogen-bond acceptors (Lipinski definition) is 6. The van der Waals surface area contributed by atoms with Gasteiger partial charge in [0.05, 0.1) is 39.1 Å². The van der Waals surface area contributed by atoms with Crippen molar-refractivity contribution in [3.63, 3.8) is 0 Å². The number of nitrogens with zero attached hydrogens (tertiary/aromatic N) is 2. The van der Waals surface area contributed by atoms with Crippen LogP contribution in [0.1, 0.15) is 28.0 Å². The molecule has 144 valence electrons. The number of carbonyl (C=O) groups is 1. The maximum atomic E-state index is 12.6. The van der Waals surface area contributed by atoms with Crippen LogP contribution in [0.5, 0.6) is 17.2 Å². The van der Waals surface area contributed by atoms with Crippen LogP contribution in [0, 0.1) is 0 Å². The predicted molar refractivity (Wildman–Crippen MR) is 99.0 cm³/mol. The third-order valence-corrected chi connectivity index (χ3v) is 4.58. The van der Waals surface area contributed by atoms with Gasteiger partial charge in [-0.15, -0.1) is 0 Å². The molecule has 1 aliphatic carbocycles. The van der Waals surface area contributed by atoms with Gasteiger partial charge in [-0.1, -0.05) is 0 Å². The molecule has 3 rings (SSSR count). The van der Waals surface area contributed by atoms with Crippen molar-refractivity contribution in [2.75, 3.05) is 27.9 Å². The van der Waals surface area contributed by atoms with E-state index in [0.29, 0.717) is 29.4 Å². The number of methoxy groups -OCH3 is 3. The molecule has 8 nitrogen and oxygen atoms in total. The maximum absolute atomic E-state index is 12.6. The summed E-state index contributed by atoms with van der Waals surface area (Å²) in [6.07, 6.45) is 2.83. The minimum Gasteiger partial charge on any atom is -0.493 e. The van der Waals surface area contributed by atoms with Gasteiger partial charge in [-0.3, -0.25) is 9.59 Å². The molecule has 2 aromatic rings. The van der Waals surface area contributed by atoms with E-state index in [1.807, 2.05) is 0 Å². The van der Waals surface area contributed by atoms with E-state index in [0.717, 1.165) is 30.5 Å². The van der Waals surface area contributed by atoms with E-state index in [-0.39, 0.29) is 18.0 Å². The van der Waals surface area contributed by atoms with Crippen LogP contribution in [0.15, 0.2) is 23.0 Å². The summed E-state index contributed by atoms with van der Waals surface area (Å²) in [7, 11) is 4.45. The first kappa shape index (κ1) is 18.8. The SMILES string of the molecule is COc1ccc(C(=O)NCCn2nc3c(cc2=O)CCC3)c(OC)c1OC. The average molecular weight is 373 g/mol. The molecule has 0 fully saturated rings. The van der Waals surface area contributed by atoms with Crippen LogP contribution in [-0.2, 0) is 19.4 Å². The van der Waals surface area contributed by atoms with E-state index in [1.54, 1.807) is 18.2 Å². The van der Waals surface area contributed by atoms with Crippen LogP contribution < -0.4 is 25.1 Å². The molecule has 0 aliphatic heterocycles. The molecule has 1 amide bonds. The van der Waals surface area contributed by atoms with E-state index in [4.69, 9.17) is 14.2 Å². The highest BCUT2D eigenvalue weighted by Crippen LogP contribution is 2.39. The Morgan fingerprint density at radius 3 is 2.63 bits per heavy atom. The molecule has 0 bridgehead atoms. The first-order chi connectivity index (χ1) is 13.1. The van der Waals surface area contributed by atoms with Gasteiger partial charge in [0.25, 0.3) is 11.5 Å². The largest absolute Gasteiger partial charge is 0.493 e. The van der Waals surface area contributed by atoms with E-state index in [9.17, 15) is 9.59 Å². The highest BCUT2D eigenvalue weighted by Gasteiger charge is 2.20. The fourth-order valence-corrected chi connectivity index (χ4v) is 3.25. The number of carbonyl (C=O) groups excluding carboxylic acids is 1. The fourth-order valence-electron chi connectivity index (χ4n) is 3.25.